The van der Waals surface area contributed by atoms with Crippen LogP contribution in [0.3, 0.4) is 0 Å². The second kappa shape index (κ2) is 9.85. The predicted octanol–water partition coefficient (Wildman–Crippen LogP) is 3.71. The number of ether oxygens (including phenoxy) is 1. The molecule has 0 bridgehead atoms. The van der Waals surface area contributed by atoms with Crippen LogP contribution in [0.2, 0.25) is 0 Å². The zero-order chi connectivity index (χ0) is 18.9. The third-order valence-corrected chi connectivity index (χ3v) is 4.09. The Morgan fingerprint density at radius 2 is 2.04 bits per heavy atom. The molecule has 1 aromatic carbocycles. The summed E-state index contributed by atoms with van der Waals surface area (Å²) >= 11 is 0. The molecular formula is C20H28N2O4. The summed E-state index contributed by atoms with van der Waals surface area (Å²) in [4.78, 5) is 22.9. The van der Waals surface area contributed by atoms with Gasteiger partial charge in [-0.1, -0.05) is 18.6 Å². The van der Waals surface area contributed by atoms with Crippen LogP contribution >= 0.6 is 0 Å². The SMILES string of the molecule is CCOc1cccc2cc(C(C)NC(=O)CCCCCNC(C)=O)oc12. The smallest absolute Gasteiger partial charge is 0.220 e. The van der Waals surface area contributed by atoms with E-state index in [1.54, 1.807) is 0 Å². The van der Waals surface area contributed by atoms with Crippen molar-refractivity contribution in [3.8, 4) is 5.75 Å². The number of rotatable bonds is 10. The van der Waals surface area contributed by atoms with E-state index in [1.807, 2.05) is 38.1 Å². The van der Waals surface area contributed by atoms with Gasteiger partial charge in [-0.25, -0.2) is 0 Å². The fourth-order valence-electron chi connectivity index (χ4n) is 2.78. The molecule has 0 saturated carbocycles. The van der Waals surface area contributed by atoms with Crippen LogP contribution in [0.25, 0.3) is 11.0 Å². The molecule has 6 nitrogen and oxygen atoms in total. The van der Waals surface area contributed by atoms with Crippen molar-refractivity contribution < 1.29 is 18.7 Å². The van der Waals surface area contributed by atoms with E-state index in [0.717, 1.165) is 24.6 Å². The molecule has 26 heavy (non-hydrogen) atoms. The number of amides is 2. The van der Waals surface area contributed by atoms with E-state index in [0.29, 0.717) is 36.7 Å². The summed E-state index contributed by atoms with van der Waals surface area (Å²) in [5, 5.41) is 6.69. The average molecular weight is 360 g/mol. The van der Waals surface area contributed by atoms with Crippen LogP contribution in [-0.4, -0.2) is 25.0 Å². The number of fused-ring (bicyclic) bond motifs is 1. The number of hydrogen-bond donors (Lipinski definition) is 2. The number of hydrogen-bond acceptors (Lipinski definition) is 4. The van der Waals surface area contributed by atoms with Crippen LogP contribution in [0.15, 0.2) is 28.7 Å². The Morgan fingerprint density at radius 3 is 2.77 bits per heavy atom. The van der Waals surface area contributed by atoms with Gasteiger partial charge in [-0.2, -0.15) is 0 Å². The number of carbonyl (C=O) groups excluding carboxylic acids is 2. The summed E-state index contributed by atoms with van der Waals surface area (Å²) in [5.41, 5.74) is 0.712. The lowest BCUT2D eigenvalue weighted by molar-refractivity contribution is -0.122. The van der Waals surface area contributed by atoms with Gasteiger partial charge < -0.3 is 19.8 Å². The van der Waals surface area contributed by atoms with E-state index < -0.39 is 0 Å². The minimum absolute atomic E-state index is 0.00233. The topological polar surface area (TPSA) is 80.6 Å². The molecule has 1 heterocycles. The van der Waals surface area contributed by atoms with E-state index in [2.05, 4.69) is 10.6 Å². The quantitative estimate of drug-likeness (QED) is 0.633. The standard InChI is InChI=1S/C20H28N2O4/c1-4-25-17-10-8-9-16-13-18(26-20(16)17)14(2)22-19(24)11-6-5-7-12-21-15(3)23/h8-10,13-14H,4-7,11-12H2,1-3H3,(H,21,23)(H,22,24). The summed E-state index contributed by atoms with van der Waals surface area (Å²) < 4.78 is 11.5. The fraction of sp³-hybridized carbons (Fsp3) is 0.500. The van der Waals surface area contributed by atoms with Gasteiger partial charge in [0.15, 0.2) is 11.3 Å². The van der Waals surface area contributed by atoms with Crippen LogP contribution in [0.5, 0.6) is 5.75 Å². The van der Waals surface area contributed by atoms with Crippen LogP contribution in [0.1, 0.15) is 58.3 Å². The van der Waals surface area contributed by atoms with Crippen molar-refractivity contribution >= 4 is 22.8 Å². The van der Waals surface area contributed by atoms with Crippen LogP contribution in [0.4, 0.5) is 0 Å². The number of unbranched alkanes of at least 4 members (excludes halogenated alkanes) is 2. The van der Waals surface area contributed by atoms with E-state index in [9.17, 15) is 9.59 Å². The number of para-hydroxylation sites is 1. The first kappa shape index (κ1) is 19.8. The molecule has 142 valence electrons. The van der Waals surface area contributed by atoms with Gasteiger partial charge in [0.1, 0.15) is 5.76 Å². The summed E-state index contributed by atoms with van der Waals surface area (Å²) in [5.74, 6) is 1.41. The molecule has 0 aliphatic rings. The van der Waals surface area contributed by atoms with E-state index >= 15 is 0 Å². The highest BCUT2D eigenvalue weighted by Crippen LogP contribution is 2.31. The molecule has 1 aromatic heterocycles. The Morgan fingerprint density at radius 1 is 1.23 bits per heavy atom. The van der Waals surface area contributed by atoms with Gasteiger partial charge in [-0.3, -0.25) is 9.59 Å². The highest BCUT2D eigenvalue weighted by molar-refractivity contribution is 5.84. The molecule has 1 unspecified atom stereocenters. The third-order valence-electron chi connectivity index (χ3n) is 4.09. The second-order valence-electron chi connectivity index (χ2n) is 6.34. The van der Waals surface area contributed by atoms with Gasteiger partial charge >= 0.3 is 0 Å². The van der Waals surface area contributed by atoms with E-state index in [4.69, 9.17) is 9.15 Å². The number of benzene rings is 1. The molecule has 0 radical (unpaired) electrons. The first-order valence-corrected chi connectivity index (χ1v) is 9.20. The molecule has 1 atom stereocenters. The van der Waals surface area contributed by atoms with Gasteiger partial charge in [-0.15, -0.1) is 0 Å². The van der Waals surface area contributed by atoms with Gasteiger partial charge in [0.2, 0.25) is 11.8 Å². The van der Waals surface area contributed by atoms with Crippen molar-refractivity contribution in [2.75, 3.05) is 13.2 Å². The molecular weight excluding hydrogens is 332 g/mol. The van der Waals surface area contributed by atoms with Gasteiger partial charge in [0.25, 0.3) is 0 Å². The van der Waals surface area contributed by atoms with Crippen molar-refractivity contribution in [1.82, 2.24) is 10.6 Å². The Balaban J connectivity index is 1.82. The monoisotopic (exact) mass is 360 g/mol. The maximum absolute atomic E-state index is 12.1. The van der Waals surface area contributed by atoms with Crippen LogP contribution < -0.4 is 15.4 Å². The maximum atomic E-state index is 12.1. The largest absolute Gasteiger partial charge is 0.490 e. The molecule has 2 aromatic rings. The third kappa shape index (κ3) is 5.79. The Kier molecular flexibility index (Phi) is 7.51. The lowest BCUT2D eigenvalue weighted by atomic mass is 10.1. The molecule has 2 rings (SSSR count). The van der Waals surface area contributed by atoms with Crippen molar-refractivity contribution in [3.05, 3.63) is 30.0 Å². The molecule has 6 heteroatoms. The van der Waals surface area contributed by atoms with Crippen molar-refractivity contribution in [1.29, 1.82) is 0 Å². The zero-order valence-corrected chi connectivity index (χ0v) is 15.8. The minimum Gasteiger partial charge on any atom is -0.490 e. The fourth-order valence-corrected chi connectivity index (χ4v) is 2.78. The van der Waals surface area contributed by atoms with E-state index in [1.165, 1.54) is 6.92 Å². The Hall–Kier alpha value is -2.50. The first-order chi connectivity index (χ1) is 12.5. The maximum Gasteiger partial charge on any atom is 0.220 e. The first-order valence-electron chi connectivity index (χ1n) is 9.20. The number of nitrogens with one attached hydrogen (secondary N) is 2. The Bertz CT molecular complexity index is 738. The van der Waals surface area contributed by atoms with Gasteiger partial charge in [-0.05, 0) is 38.8 Å². The van der Waals surface area contributed by atoms with Crippen molar-refractivity contribution in [2.24, 2.45) is 0 Å². The number of furan rings is 1. The average Bonchev–Trinajstić information content (AvgIpc) is 3.03. The molecule has 2 amide bonds. The lowest BCUT2D eigenvalue weighted by Crippen LogP contribution is -2.26. The summed E-state index contributed by atoms with van der Waals surface area (Å²) in [7, 11) is 0. The lowest BCUT2D eigenvalue weighted by Gasteiger charge is -2.11. The highest BCUT2D eigenvalue weighted by Gasteiger charge is 2.16. The summed E-state index contributed by atoms with van der Waals surface area (Å²) in [6, 6.07) is 7.51. The minimum atomic E-state index is -0.205. The van der Waals surface area contributed by atoms with Crippen molar-refractivity contribution in [2.45, 2.75) is 52.5 Å². The van der Waals surface area contributed by atoms with Gasteiger partial charge in [0, 0.05) is 25.3 Å². The van der Waals surface area contributed by atoms with Crippen molar-refractivity contribution in [3.63, 3.8) is 0 Å². The van der Waals surface area contributed by atoms with Gasteiger partial charge in [0.05, 0.1) is 12.6 Å². The molecule has 0 saturated heterocycles. The molecule has 0 aliphatic carbocycles. The summed E-state index contributed by atoms with van der Waals surface area (Å²) in [6.07, 6.45) is 3.05. The molecule has 0 fully saturated rings. The predicted molar refractivity (Wildman–Crippen MR) is 101 cm³/mol. The second-order valence-corrected chi connectivity index (χ2v) is 6.34. The van der Waals surface area contributed by atoms with E-state index in [-0.39, 0.29) is 17.9 Å². The molecule has 2 N–H and O–H groups in total. The Labute approximate surface area is 154 Å². The number of carbonyl (C=O) groups is 2. The summed E-state index contributed by atoms with van der Waals surface area (Å²) in [6.45, 7) is 6.58. The molecule has 0 aliphatic heterocycles. The zero-order valence-electron chi connectivity index (χ0n) is 15.8. The van der Waals surface area contributed by atoms with Crippen LogP contribution in [0, 0.1) is 0 Å². The highest BCUT2D eigenvalue weighted by atomic mass is 16.5. The molecule has 0 spiro atoms. The van der Waals surface area contributed by atoms with Crippen LogP contribution in [-0.2, 0) is 9.59 Å². The normalized spacial score (nSPS) is 12.0.